The van der Waals surface area contributed by atoms with Gasteiger partial charge in [-0.2, -0.15) is 10.2 Å². The maximum atomic E-state index is 14.1. The van der Waals surface area contributed by atoms with Crippen molar-refractivity contribution in [3.63, 3.8) is 0 Å². The summed E-state index contributed by atoms with van der Waals surface area (Å²) in [5.41, 5.74) is 4.06. The number of allylic oxidation sites excluding steroid dienone is 1. The fourth-order valence-electron chi connectivity index (χ4n) is 5.03. The van der Waals surface area contributed by atoms with Crippen molar-refractivity contribution in [2.24, 2.45) is 5.92 Å². The zero-order chi connectivity index (χ0) is 25.9. The van der Waals surface area contributed by atoms with Gasteiger partial charge in [-0.25, -0.2) is 4.68 Å². The molecule has 1 aliphatic heterocycles. The Hall–Kier alpha value is -3.23. The molecule has 0 radical (unpaired) electrons. The van der Waals surface area contributed by atoms with Crippen molar-refractivity contribution >= 4 is 35.0 Å². The van der Waals surface area contributed by atoms with E-state index in [0.717, 1.165) is 46.8 Å². The molecule has 0 aliphatic carbocycles. The molecule has 2 atom stereocenters. The van der Waals surface area contributed by atoms with Crippen molar-refractivity contribution < 1.29 is 4.79 Å². The Morgan fingerprint density at radius 1 is 1.16 bits per heavy atom. The Morgan fingerprint density at radius 3 is 2.73 bits per heavy atom. The van der Waals surface area contributed by atoms with Crippen LogP contribution in [0, 0.1) is 5.92 Å². The summed E-state index contributed by atoms with van der Waals surface area (Å²) in [4.78, 5) is 21.5. The van der Waals surface area contributed by atoms with Crippen LogP contribution in [0.4, 0.5) is 0 Å². The number of pyridine rings is 1. The number of nitrogens with zero attached hydrogens (tertiary/aromatic N) is 6. The number of thiophene rings is 1. The van der Waals surface area contributed by atoms with E-state index in [-0.39, 0.29) is 11.9 Å². The van der Waals surface area contributed by atoms with Crippen molar-refractivity contribution in [3.8, 4) is 21.8 Å². The van der Waals surface area contributed by atoms with Crippen LogP contribution in [0.15, 0.2) is 54.9 Å². The maximum absolute atomic E-state index is 14.1. The van der Waals surface area contributed by atoms with Crippen molar-refractivity contribution in [1.29, 1.82) is 0 Å². The summed E-state index contributed by atoms with van der Waals surface area (Å²) in [6.07, 6.45) is 10.3. The van der Waals surface area contributed by atoms with Crippen LogP contribution in [-0.4, -0.2) is 47.9 Å². The van der Waals surface area contributed by atoms with Gasteiger partial charge in [0.15, 0.2) is 5.69 Å². The van der Waals surface area contributed by atoms with E-state index in [1.807, 2.05) is 63.1 Å². The predicted molar refractivity (Wildman–Crippen MR) is 150 cm³/mol. The summed E-state index contributed by atoms with van der Waals surface area (Å²) in [7, 11) is 0. The first-order chi connectivity index (χ1) is 18.0. The van der Waals surface area contributed by atoms with Crippen LogP contribution < -0.4 is 0 Å². The minimum atomic E-state index is -0.0377. The van der Waals surface area contributed by atoms with E-state index in [4.69, 9.17) is 21.8 Å². The maximum Gasteiger partial charge on any atom is 0.275 e. The average molecular weight is 535 g/mol. The lowest BCUT2D eigenvalue weighted by atomic mass is 10.1. The summed E-state index contributed by atoms with van der Waals surface area (Å²) in [6, 6.07) is 11.7. The first kappa shape index (κ1) is 25.4. The number of likely N-dealkylation sites (tertiary alicyclic amines) is 1. The van der Waals surface area contributed by atoms with Gasteiger partial charge in [0.2, 0.25) is 0 Å². The van der Waals surface area contributed by atoms with Crippen molar-refractivity contribution in [2.45, 2.75) is 52.6 Å². The van der Waals surface area contributed by atoms with Gasteiger partial charge >= 0.3 is 0 Å². The molecule has 1 saturated heterocycles. The van der Waals surface area contributed by atoms with Gasteiger partial charge in [-0.05, 0) is 55.5 Å². The minimum absolute atomic E-state index is 0.0279. The summed E-state index contributed by atoms with van der Waals surface area (Å²) in [5.74, 6) is 0.358. The van der Waals surface area contributed by atoms with E-state index in [2.05, 4.69) is 31.8 Å². The second kappa shape index (κ2) is 11.0. The SMILES string of the molecule is CC/C=C\n1nc(C(=O)N2C[C@H](C)C[C@H]2Cn2ccc(-c3ccccn3)n2)c(-c2ccc(Cl)s2)c1CC. The monoisotopic (exact) mass is 534 g/mol. The van der Waals surface area contributed by atoms with Crippen LogP contribution in [0.3, 0.4) is 0 Å². The van der Waals surface area contributed by atoms with E-state index in [1.165, 1.54) is 11.3 Å². The fraction of sp³-hybridized carbons (Fsp3) is 0.357. The van der Waals surface area contributed by atoms with Gasteiger partial charge < -0.3 is 4.90 Å². The molecule has 5 heterocycles. The van der Waals surface area contributed by atoms with Gasteiger partial charge in [-0.15, -0.1) is 11.3 Å². The standard InChI is InChI=1S/C28H31ClN6OS/c1-4-6-14-35-23(5-2)26(24-10-11-25(29)37-24)27(32-35)28(36)34-17-19(3)16-20(34)18-33-15-12-22(31-33)21-9-7-8-13-30-21/h6-15,19-20H,4-5,16-18H2,1-3H3/b14-6-/t19-,20+/m1/s1. The number of carbonyl (C=O) groups excluding carboxylic acids is 1. The minimum Gasteiger partial charge on any atom is -0.332 e. The third kappa shape index (κ3) is 5.26. The number of hydrogen-bond acceptors (Lipinski definition) is 5. The largest absolute Gasteiger partial charge is 0.332 e. The normalized spacial score (nSPS) is 17.8. The molecule has 9 heteroatoms. The molecule has 37 heavy (non-hydrogen) atoms. The highest BCUT2D eigenvalue weighted by Gasteiger charge is 2.37. The fourth-order valence-corrected chi connectivity index (χ4v) is 6.14. The molecular formula is C28H31ClN6OS. The van der Waals surface area contributed by atoms with E-state index in [0.29, 0.717) is 29.0 Å². The molecule has 0 unspecified atom stereocenters. The van der Waals surface area contributed by atoms with Crippen LogP contribution in [0.1, 0.15) is 49.8 Å². The molecule has 1 aliphatic rings. The molecule has 1 fully saturated rings. The highest BCUT2D eigenvalue weighted by molar-refractivity contribution is 7.19. The number of carbonyl (C=O) groups is 1. The molecule has 0 bridgehead atoms. The average Bonchev–Trinajstić information content (AvgIpc) is 3.69. The van der Waals surface area contributed by atoms with Crippen molar-refractivity contribution in [1.82, 2.24) is 29.4 Å². The molecule has 1 amide bonds. The van der Waals surface area contributed by atoms with Gasteiger partial charge in [0.05, 0.1) is 28.3 Å². The lowest BCUT2D eigenvalue weighted by Gasteiger charge is -2.24. The Balaban J connectivity index is 1.47. The van der Waals surface area contributed by atoms with E-state index in [1.54, 1.807) is 6.20 Å². The lowest BCUT2D eigenvalue weighted by molar-refractivity contribution is 0.0713. The molecule has 4 aromatic heterocycles. The zero-order valence-electron chi connectivity index (χ0n) is 21.3. The molecule has 5 rings (SSSR count). The van der Waals surface area contributed by atoms with Crippen molar-refractivity contribution in [2.75, 3.05) is 6.54 Å². The summed E-state index contributed by atoms with van der Waals surface area (Å²) < 4.78 is 4.48. The van der Waals surface area contributed by atoms with Crippen LogP contribution in [0.5, 0.6) is 0 Å². The van der Waals surface area contributed by atoms with Gasteiger partial charge in [0, 0.05) is 35.6 Å². The van der Waals surface area contributed by atoms with E-state index >= 15 is 0 Å². The Bertz CT molecular complexity index is 1410. The quantitative estimate of drug-likeness (QED) is 0.258. The molecule has 0 aromatic carbocycles. The number of aromatic nitrogens is 5. The Kier molecular flexibility index (Phi) is 7.58. The summed E-state index contributed by atoms with van der Waals surface area (Å²) in [6.45, 7) is 7.70. The second-order valence-corrected chi connectivity index (χ2v) is 11.2. The predicted octanol–water partition coefficient (Wildman–Crippen LogP) is 6.52. The molecular weight excluding hydrogens is 504 g/mol. The van der Waals surface area contributed by atoms with Gasteiger partial charge in [-0.3, -0.25) is 14.5 Å². The van der Waals surface area contributed by atoms with E-state index < -0.39 is 0 Å². The smallest absolute Gasteiger partial charge is 0.275 e. The highest BCUT2D eigenvalue weighted by Crippen LogP contribution is 2.37. The summed E-state index contributed by atoms with van der Waals surface area (Å²) >= 11 is 7.79. The number of hydrogen-bond donors (Lipinski definition) is 0. The molecule has 0 N–H and O–H groups in total. The molecule has 0 saturated carbocycles. The van der Waals surface area contributed by atoms with Crippen LogP contribution in [0.2, 0.25) is 4.34 Å². The van der Waals surface area contributed by atoms with Gasteiger partial charge in [0.1, 0.15) is 5.69 Å². The second-order valence-electron chi connectivity index (χ2n) is 9.46. The van der Waals surface area contributed by atoms with Crippen LogP contribution in [-0.2, 0) is 13.0 Å². The number of rotatable bonds is 8. The van der Waals surface area contributed by atoms with Crippen LogP contribution >= 0.6 is 22.9 Å². The van der Waals surface area contributed by atoms with Crippen molar-refractivity contribution in [3.05, 3.63) is 70.6 Å². The topological polar surface area (TPSA) is 68.8 Å². The number of amides is 1. The zero-order valence-corrected chi connectivity index (χ0v) is 22.9. The Labute approximate surface area is 226 Å². The third-order valence-corrected chi connectivity index (χ3v) is 7.95. The third-order valence-electron chi connectivity index (χ3n) is 6.70. The van der Waals surface area contributed by atoms with E-state index in [9.17, 15) is 4.79 Å². The van der Waals surface area contributed by atoms with Gasteiger partial charge in [-0.1, -0.05) is 44.5 Å². The highest BCUT2D eigenvalue weighted by atomic mass is 35.5. The Morgan fingerprint density at radius 2 is 2.03 bits per heavy atom. The molecule has 0 spiro atoms. The molecule has 4 aromatic rings. The van der Waals surface area contributed by atoms with Gasteiger partial charge in [0.25, 0.3) is 5.91 Å². The lowest BCUT2D eigenvalue weighted by Crippen LogP contribution is -2.38. The first-order valence-corrected chi connectivity index (χ1v) is 14.0. The first-order valence-electron chi connectivity index (χ1n) is 12.8. The molecule has 7 nitrogen and oxygen atoms in total. The summed E-state index contributed by atoms with van der Waals surface area (Å²) in [5, 5.41) is 9.57. The van der Waals surface area contributed by atoms with Crippen LogP contribution in [0.25, 0.3) is 28.0 Å². The number of halogens is 1. The molecule has 192 valence electrons.